The van der Waals surface area contributed by atoms with Gasteiger partial charge in [-0.25, -0.2) is 0 Å². The Morgan fingerprint density at radius 2 is 2.07 bits per heavy atom. The van der Waals surface area contributed by atoms with E-state index >= 15 is 0 Å². The van der Waals surface area contributed by atoms with Crippen LogP contribution in [0.25, 0.3) is 0 Å². The number of hydrogen-bond acceptors (Lipinski definition) is 2. The van der Waals surface area contributed by atoms with Gasteiger partial charge in [-0.3, -0.25) is 0 Å². The third kappa shape index (κ3) is 2.34. The molecule has 0 bridgehead atoms. The lowest BCUT2D eigenvalue weighted by Crippen LogP contribution is -2.22. The lowest BCUT2D eigenvalue weighted by Gasteiger charge is -2.23. The SMILES string of the molecule is CC(N)c1cccc(C(C)(C)CO)c1. The van der Waals surface area contributed by atoms with Crippen LogP contribution >= 0.6 is 0 Å². The van der Waals surface area contributed by atoms with E-state index in [2.05, 4.69) is 6.07 Å². The predicted molar refractivity (Wildman–Crippen MR) is 59.2 cm³/mol. The molecule has 1 unspecified atom stereocenters. The average molecular weight is 193 g/mol. The molecule has 14 heavy (non-hydrogen) atoms. The molecule has 0 fully saturated rings. The Bertz CT molecular complexity index is 305. The van der Waals surface area contributed by atoms with E-state index in [0.29, 0.717) is 0 Å². The number of nitrogens with two attached hydrogens (primary N) is 1. The molecular weight excluding hydrogens is 174 g/mol. The highest BCUT2D eigenvalue weighted by Gasteiger charge is 2.19. The molecule has 0 aliphatic carbocycles. The maximum Gasteiger partial charge on any atom is 0.0522 e. The van der Waals surface area contributed by atoms with Crippen molar-refractivity contribution in [2.45, 2.75) is 32.2 Å². The minimum absolute atomic E-state index is 0.0458. The van der Waals surface area contributed by atoms with Gasteiger partial charge in [0.25, 0.3) is 0 Å². The summed E-state index contributed by atoms with van der Waals surface area (Å²) < 4.78 is 0. The number of aliphatic hydroxyl groups excluding tert-OH is 1. The standard InChI is InChI=1S/C12H19NO/c1-9(13)10-5-4-6-11(7-10)12(2,3)8-14/h4-7,9,14H,8,13H2,1-3H3. The van der Waals surface area contributed by atoms with Gasteiger partial charge < -0.3 is 10.8 Å². The van der Waals surface area contributed by atoms with Crippen LogP contribution in [0.5, 0.6) is 0 Å². The number of rotatable bonds is 3. The molecule has 3 N–H and O–H groups in total. The summed E-state index contributed by atoms with van der Waals surface area (Å²) in [5.41, 5.74) is 7.86. The van der Waals surface area contributed by atoms with Crippen molar-refractivity contribution in [1.82, 2.24) is 0 Å². The summed E-state index contributed by atoms with van der Waals surface area (Å²) in [7, 11) is 0. The van der Waals surface area contributed by atoms with Crippen LogP contribution in [0, 0.1) is 0 Å². The Morgan fingerprint density at radius 1 is 1.43 bits per heavy atom. The summed E-state index contributed by atoms with van der Waals surface area (Å²) in [4.78, 5) is 0. The molecule has 0 aliphatic rings. The first-order chi connectivity index (χ1) is 6.47. The molecule has 0 saturated carbocycles. The van der Waals surface area contributed by atoms with Gasteiger partial charge in [0.2, 0.25) is 0 Å². The number of benzene rings is 1. The quantitative estimate of drug-likeness (QED) is 0.771. The Balaban J connectivity index is 3.05. The van der Waals surface area contributed by atoms with Crippen LogP contribution in [0.4, 0.5) is 0 Å². The summed E-state index contributed by atoms with van der Waals surface area (Å²) in [6.45, 7) is 6.15. The van der Waals surface area contributed by atoms with Crippen molar-refractivity contribution >= 4 is 0 Å². The van der Waals surface area contributed by atoms with Crippen LogP contribution in [-0.4, -0.2) is 11.7 Å². The highest BCUT2D eigenvalue weighted by atomic mass is 16.3. The fourth-order valence-corrected chi connectivity index (χ4v) is 1.33. The summed E-state index contributed by atoms with van der Waals surface area (Å²) in [6.07, 6.45) is 0. The van der Waals surface area contributed by atoms with Gasteiger partial charge in [-0.2, -0.15) is 0 Å². The van der Waals surface area contributed by atoms with Crippen LogP contribution in [0.1, 0.15) is 37.9 Å². The Kier molecular flexibility index (Phi) is 3.29. The molecule has 0 radical (unpaired) electrons. The average Bonchev–Trinajstić information content (AvgIpc) is 2.18. The van der Waals surface area contributed by atoms with Gasteiger partial charge in [0.15, 0.2) is 0 Å². The molecule has 0 heterocycles. The van der Waals surface area contributed by atoms with Gasteiger partial charge in [-0.1, -0.05) is 38.1 Å². The molecule has 1 aromatic carbocycles. The van der Waals surface area contributed by atoms with Crippen LogP contribution in [-0.2, 0) is 5.41 Å². The molecule has 2 nitrogen and oxygen atoms in total. The fraction of sp³-hybridized carbons (Fsp3) is 0.500. The molecule has 78 valence electrons. The molecule has 1 rings (SSSR count). The molecular formula is C12H19NO. The maximum atomic E-state index is 9.25. The number of aliphatic hydroxyl groups is 1. The van der Waals surface area contributed by atoms with Crippen molar-refractivity contribution in [3.63, 3.8) is 0 Å². The van der Waals surface area contributed by atoms with E-state index in [1.54, 1.807) is 0 Å². The minimum atomic E-state index is -0.190. The van der Waals surface area contributed by atoms with E-state index < -0.39 is 0 Å². The van der Waals surface area contributed by atoms with Crippen molar-refractivity contribution in [2.75, 3.05) is 6.61 Å². The third-order valence-electron chi connectivity index (χ3n) is 2.59. The van der Waals surface area contributed by atoms with Crippen LogP contribution in [0.2, 0.25) is 0 Å². The maximum absolute atomic E-state index is 9.25. The zero-order chi connectivity index (χ0) is 10.8. The van der Waals surface area contributed by atoms with Crippen molar-refractivity contribution in [3.8, 4) is 0 Å². The predicted octanol–water partition coefficient (Wildman–Crippen LogP) is 1.98. The van der Waals surface area contributed by atoms with E-state index in [-0.39, 0.29) is 18.1 Å². The van der Waals surface area contributed by atoms with Crippen LogP contribution in [0.3, 0.4) is 0 Å². The summed E-state index contributed by atoms with van der Waals surface area (Å²) in [6, 6.07) is 8.15. The minimum Gasteiger partial charge on any atom is -0.395 e. The van der Waals surface area contributed by atoms with Crippen molar-refractivity contribution in [3.05, 3.63) is 35.4 Å². The van der Waals surface area contributed by atoms with E-state index in [1.165, 1.54) is 0 Å². The van der Waals surface area contributed by atoms with Crippen LogP contribution in [0.15, 0.2) is 24.3 Å². The van der Waals surface area contributed by atoms with Crippen molar-refractivity contribution in [1.29, 1.82) is 0 Å². The molecule has 0 spiro atoms. The highest BCUT2D eigenvalue weighted by Crippen LogP contribution is 2.24. The van der Waals surface area contributed by atoms with Crippen LogP contribution < -0.4 is 5.73 Å². The monoisotopic (exact) mass is 193 g/mol. The topological polar surface area (TPSA) is 46.2 Å². The fourth-order valence-electron chi connectivity index (χ4n) is 1.33. The second kappa shape index (κ2) is 4.11. The normalized spacial score (nSPS) is 14.1. The molecule has 0 saturated heterocycles. The van der Waals surface area contributed by atoms with E-state index in [1.807, 2.05) is 39.0 Å². The zero-order valence-corrected chi connectivity index (χ0v) is 9.12. The Hall–Kier alpha value is -0.860. The van der Waals surface area contributed by atoms with Gasteiger partial charge in [0.1, 0.15) is 0 Å². The highest BCUT2D eigenvalue weighted by molar-refractivity contribution is 5.30. The largest absolute Gasteiger partial charge is 0.395 e. The molecule has 1 aromatic rings. The number of hydrogen-bond donors (Lipinski definition) is 2. The van der Waals surface area contributed by atoms with Gasteiger partial charge in [0, 0.05) is 11.5 Å². The lowest BCUT2D eigenvalue weighted by atomic mass is 9.84. The smallest absolute Gasteiger partial charge is 0.0522 e. The van der Waals surface area contributed by atoms with E-state index in [0.717, 1.165) is 11.1 Å². The van der Waals surface area contributed by atoms with Crippen molar-refractivity contribution in [2.24, 2.45) is 5.73 Å². The van der Waals surface area contributed by atoms with E-state index in [4.69, 9.17) is 5.73 Å². The molecule has 0 aliphatic heterocycles. The van der Waals surface area contributed by atoms with Gasteiger partial charge >= 0.3 is 0 Å². The second-order valence-corrected chi connectivity index (χ2v) is 4.46. The van der Waals surface area contributed by atoms with Gasteiger partial charge in [-0.05, 0) is 18.1 Å². The molecule has 0 aromatic heterocycles. The molecule has 0 amide bonds. The molecule has 2 heteroatoms. The van der Waals surface area contributed by atoms with E-state index in [9.17, 15) is 5.11 Å². The first-order valence-electron chi connectivity index (χ1n) is 4.94. The zero-order valence-electron chi connectivity index (χ0n) is 9.12. The Morgan fingerprint density at radius 3 is 2.57 bits per heavy atom. The summed E-state index contributed by atoms with van der Waals surface area (Å²) >= 11 is 0. The first-order valence-corrected chi connectivity index (χ1v) is 4.94. The summed E-state index contributed by atoms with van der Waals surface area (Å²) in [5, 5.41) is 9.25. The van der Waals surface area contributed by atoms with Crippen molar-refractivity contribution < 1.29 is 5.11 Å². The Labute approximate surface area is 85.8 Å². The summed E-state index contributed by atoms with van der Waals surface area (Å²) in [5.74, 6) is 0. The van der Waals surface area contributed by atoms with Gasteiger partial charge in [-0.15, -0.1) is 0 Å². The third-order valence-corrected chi connectivity index (χ3v) is 2.59. The second-order valence-electron chi connectivity index (χ2n) is 4.46. The first kappa shape index (κ1) is 11.2. The van der Waals surface area contributed by atoms with Gasteiger partial charge in [0.05, 0.1) is 6.61 Å². The molecule has 1 atom stereocenters. The lowest BCUT2D eigenvalue weighted by molar-refractivity contribution is 0.218.